The Morgan fingerprint density at radius 2 is 0.500 bits per heavy atom. The summed E-state index contributed by atoms with van der Waals surface area (Å²) in [4.78, 5) is 72.7. The fourth-order valence-electron chi connectivity index (χ4n) is 10.6. The Morgan fingerprint density at radius 3 is 0.761 bits per heavy atom. The third-order valence-corrected chi connectivity index (χ3v) is 18.3. The van der Waals surface area contributed by atoms with Gasteiger partial charge < -0.3 is 33.8 Å². The molecule has 2 unspecified atom stereocenters. The maximum atomic E-state index is 13.0. The first kappa shape index (κ1) is 89.5. The number of aliphatic hydroxyl groups excluding tert-OH is 1. The van der Waals surface area contributed by atoms with Gasteiger partial charge in [0.05, 0.1) is 26.4 Å². The zero-order chi connectivity index (χ0) is 67.5. The second kappa shape index (κ2) is 67.1. The predicted octanol–water partition coefficient (Wildman–Crippen LogP) is 21.0. The minimum Gasteiger partial charge on any atom is -0.462 e. The number of carbonyl (C=O) groups is 4. The number of ether oxygens (including phenoxy) is 4. The summed E-state index contributed by atoms with van der Waals surface area (Å²) in [6, 6.07) is 0. The van der Waals surface area contributed by atoms with E-state index in [0.29, 0.717) is 25.7 Å². The lowest BCUT2D eigenvalue weighted by Crippen LogP contribution is -2.30. The number of allylic oxidation sites excluding steroid dienone is 4. The zero-order valence-electron chi connectivity index (χ0n) is 59.0. The third kappa shape index (κ3) is 66.2. The van der Waals surface area contributed by atoms with Crippen molar-refractivity contribution >= 4 is 39.5 Å². The summed E-state index contributed by atoms with van der Waals surface area (Å²) in [7, 11) is -9.92. The van der Waals surface area contributed by atoms with Gasteiger partial charge in [-0.25, -0.2) is 9.13 Å². The summed E-state index contributed by atoms with van der Waals surface area (Å²) in [6.07, 6.45) is 58.8. The van der Waals surface area contributed by atoms with Crippen molar-refractivity contribution in [3.63, 3.8) is 0 Å². The lowest BCUT2D eigenvalue weighted by atomic mass is 10.0. The molecule has 542 valence electrons. The molecular weight excluding hydrogens is 1210 g/mol. The molecule has 3 N–H and O–H groups in total. The summed E-state index contributed by atoms with van der Waals surface area (Å²) < 4.78 is 68.4. The maximum absolute atomic E-state index is 13.0. The van der Waals surface area contributed by atoms with Gasteiger partial charge in [0.2, 0.25) is 0 Å². The maximum Gasteiger partial charge on any atom is 0.472 e. The standard InChI is InChI=1S/C73H138O17P2/c1-5-9-13-17-21-25-29-33-37-41-45-49-53-57-70(75)83-63-68(89-72(77)59-55-51-47-43-39-35-31-27-23-19-15-11-7-3)65-87-91(79,80)85-61-67(74)62-86-92(81,82)88-66-69(90-73(78)60-56-52-48-44-40-36-32-28-24-20-16-12-8-4)64-84-71(76)58-54-50-46-42-38-34-30-26-22-18-14-10-6-2/h25-26,29-30,67-69,74H,5-24,27-28,31-66H2,1-4H3,(H,79,80)(H,81,82)/b29-25-,30-26-/t68-,69-/m1/s1. The highest BCUT2D eigenvalue weighted by Crippen LogP contribution is 2.45. The Hall–Kier alpha value is -2.46. The van der Waals surface area contributed by atoms with Crippen LogP contribution in [0.3, 0.4) is 0 Å². The van der Waals surface area contributed by atoms with E-state index in [1.54, 1.807) is 0 Å². The molecule has 0 saturated carbocycles. The molecule has 92 heavy (non-hydrogen) atoms. The van der Waals surface area contributed by atoms with Crippen molar-refractivity contribution in [2.75, 3.05) is 39.6 Å². The molecule has 0 aromatic rings. The summed E-state index contributed by atoms with van der Waals surface area (Å²) in [6.45, 7) is 4.90. The number of phosphoric acid groups is 2. The van der Waals surface area contributed by atoms with Gasteiger partial charge in [-0.2, -0.15) is 0 Å². The number of rotatable bonds is 72. The van der Waals surface area contributed by atoms with Gasteiger partial charge in [-0.05, 0) is 77.0 Å². The highest BCUT2D eigenvalue weighted by molar-refractivity contribution is 7.47. The predicted molar refractivity (Wildman–Crippen MR) is 372 cm³/mol. The lowest BCUT2D eigenvalue weighted by Gasteiger charge is -2.21. The first-order valence-corrected chi connectivity index (χ1v) is 40.6. The highest BCUT2D eigenvalue weighted by atomic mass is 31.2. The van der Waals surface area contributed by atoms with Crippen LogP contribution in [0.4, 0.5) is 0 Å². The highest BCUT2D eigenvalue weighted by Gasteiger charge is 2.30. The van der Waals surface area contributed by atoms with Gasteiger partial charge in [0.1, 0.15) is 19.3 Å². The van der Waals surface area contributed by atoms with E-state index in [1.165, 1.54) is 154 Å². The van der Waals surface area contributed by atoms with Crippen LogP contribution in [0.25, 0.3) is 0 Å². The normalized spacial score (nSPS) is 14.1. The Morgan fingerprint density at radius 1 is 0.293 bits per heavy atom. The summed E-state index contributed by atoms with van der Waals surface area (Å²) >= 11 is 0. The molecule has 0 aliphatic rings. The minimum absolute atomic E-state index is 0.103. The topological polar surface area (TPSA) is 237 Å². The van der Waals surface area contributed by atoms with E-state index in [2.05, 4.69) is 52.0 Å². The quantitative estimate of drug-likeness (QED) is 0.0169. The average molecular weight is 1350 g/mol. The monoisotopic (exact) mass is 1350 g/mol. The van der Waals surface area contributed by atoms with Gasteiger partial charge in [-0.3, -0.25) is 37.3 Å². The van der Waals surface area contributed by atoms with Gasteiger partial charge in [0, 0.05) is 25.7 Å². The van der Waals surface area contributed by atoms with Crippen molar-refractivity contribution in [1.82, 2.24) is 0 Å². The molecule has 0 heterocycles. The molecule has 0 aromatic carbocycles. The van der Waals surface area contributed by atoms with Crippen LogP contribution in [0.15, 0.2) is 24.3 Å². The van der Waals surface area contributed by atoms with Gasteiger partial charge in [0.25, 0.3) is 0 Å². The second-order valence-corrected chi connectivity index (χ2v) is 28.5. The van der Waals surface area contributed by atoms with Crippen LogP contribution in [0, 0.1) is 0 Å². The summed E-state index contributed by atoms with van der Waals surface area (Å²) in [5.41, 5.74) is 0. The van der Waals surface area contributed by atoms with Crippen molar-refractivity contribution in [2.45, 2.75) is 380 Å². The molecule has 0 rings (SSSR count). The first-order chi connectivity index (χ1) is 44.7. The van der Waals surface area contributed by atoms with E-state index in [-0.39, 0.29) is 25.7 Å². The second-order valence-electron chi connectivity index (χ2n) is 25.6. The molecule has 19 heteroatoms. The van der Waals surface area contributed by atoms with E-state index >= 15 is 0 Å². The van der Waals surface area contributed by atoms with Crippen molar-refractivity contribution in [3.05, 3.63) is 24.3 Å². The Balaban J connectivity index is 5.29. The van der Waals surface area contributed by atoms with Crippen molar-refractivity contribution in [1.29, 1.82) is 0 Å². The average Bonchev–Trinajstić information content (AvgIpc) is 3.63. The first-order valence-electron chi connectivity index (χ1n) is 37.6. The van der Waals surface area contributed by atoms with Crippen molar-refractivity contribution < 1.29 is 80.2 Å². The Bertz CT molecular complexity index is 1720. The third-order valence-electron chi connectivity index (χ3n) is 16.4. The van der Waals surface area contributed by atoms with Gasteiger partial charge >= 0.3 is 39.5 Å². The molecule has 0 bridgehead atoms. The fraction of sp³-hybridized carbons (Fsp3) is 0.890. The number of phosphoric ester groups is 2. The number of esters is 4. The van der Waals surface area contributed by atoms with Crippen molar-refractivity contribution in [2.24, 2.45) is 0 Å². The number of hydrogen-bond donors (Lipinski definition) is 3. The summed E-state index contributed by atoms with van der Waals surface area (Å²) in [5.74, 6) is -2.15. The zero-order valence-corrected chi connectivity index (χ0v) is 60.8. The molecule has 0 aliphatic heterocycles. The van der Waals surface area contributed by atoms with Crippen LogP contribution in [-0.2, 0) is 65.4 Å². The van der Waals surface area contributed by atoms with Crippen molar-refractivity contribution in [3.8, 4) is 0 Å². The minimum atomic E-state index is -4.96. The number of carbonyl (C=O) groups excluding carboxylic acids is 4. The van der Waals surface area contributed by atoms with Gasteiger partial charge in [0.15, 0.2) is 12.2 Å². The lowest BCUT2D eigenvalue weighted by molar-refractivity contribution is -0.161. The Kier molecular flexibility index (Phi) is 65.3. The number of unbranched alkanes of at least 4 members (excludes halogenated alkanes) is 42. The van der Waals surface area contributed by atoms with E-state index in [0.717, 1.165) is 128 Å². The SMILES string of the molecule is CCCCCC/C=C\CCCCCCCC(=O)OC[C@H](COP(=O)(O)OCC(O)COP(=O)(O)OC[C@@H](COC(=O)CCCCCCC/C=C\CCCCCC)OC(=O)CCCCCCCCCCCCCCC)OC(=O)CCCCCCCCCCCCCCC. The fourth-order valence-corrected chi connectivity index (χ4v) is 12.2. The van der Waals surface area contributed by atoms with Crippen LogP contribution in [0.2, 0.25) is 0 Å². The van der Waals surface area contributed by atoms with Crippen LogP contribution in [0.5, 0.6) is 0 Å². The summed E-state index contributed by atoms with van der Waals surface area (Å²) in [5, 5.41) is 10.6. The van der Waals surface area contributed by atoms with Gasteiger partial charge in [-0.1, -0.05) is 283 Å². The molecule has 0 fully saturated rings. The molecule has 0 aliphatic carbocycles. The van der Waals surface area contributed by atoms with Crippen LogP contribution in [-0.4, -0.2) is 96.7 Å². The molecular formula is C73H138O17P2. The van der Waals surface area contributed by atoms with E-state index in [9.17, 15) is 43.2 Å². The molecule has 0 radical (unpaired) electrons. The van der Waals surface area contributed by atoms with Crippen LogP contribution in [0.1, 0.15) is 362 Å². The van der Waals surface area contributed by atoms with Gasteiger partial charge in [-0.15, -0.1) is 0 Å². The molecule has 4 atom stereocenters. The van der Waals surface area contributed by atoms with E-state index in [4.69, 9.17) is 37.0 Å². The largest absolute Gasteiger partial charge is 0.472 e. The number of hydrogen-bond acceptors (Lipinski definition) is 15. The Labute approximate surface area is 561 Å². The molecule has 17 nitrogen and oxygen atoms in total. The molecule has 0 spiro atoms. The molecule has 0 aromatic heterocycles. The van der Waals surface area contributed by atoms with Crippen LogP contribution < -0.4 is 0 Å². The molecule has 0 amide bonds. The van der Waals surface area contributed by atoms with Crippen LogP contribution >= 0.6 is 15.6 Å². The van der Waals surface area contributed by atoms with E-state index < -0.39 is 97.5 Å². The smallest absolute Gasteiger partial charge is 0.462 e. The van der Waals surface area contributed by atoms with E-state index in [1.807, 2.05) is 0 Å². The number of aliphatic hydroxyl groups is 1. The molecule has 0 saturated heterocycles.